The Morgan fingerprint density at radius 1 is 1.06 bits per heavy atom. The third kappa shape index (κ3) is 7.26. The van der Waals surface area contributed by atoms with E-state index in [4.69, 9.17) is 9.72 Å². The van der Waals surface area contributed by atoms with Gasteiger partial charge in [-0.15, -0.1) is 10.2 Å². The fraction of sp³-hybridized carbons (Fsp3) is 0.550. The third-order valence-electron chi connectivity index (χ3n) is 12.1. The van der Waals surface area contributed by atoms with Gasteiger partial charge in [-0.2, -0.15) is 4.31 Å². The number of carboxylic acid groups (broad SMARTS) is 1. The molecule has 13 nitrogen and oxygen atoms in total. The molecule has 7 rings (SSSR count). The van der Waals surface area contributed by atoms with Gasteiger partial charge in [-0.1, -0.05) is 18.2 Å². The molecule has 6 heterocycles. The lowest BCUT2D eigenvalue weighted by molar-refractivity contribution is -0.147. The van der Waals surface area contributed by atoms with Gasteiger partial charge in [0.05, 0.1) is 11.1 Å². The number of pyridine rings is 2. The molecule has 0 amide bonds. The Balaban J connectivity index is 1.25. The van der Waals surface area contributed by atoms with E-state index in [1.54, 1.807) is 24.2 Å². The van der Waals surface area contributed by atoms with E-state index in [1.807, 2.05) is 62.6 Å². The summed E-state index contributed by atoms with van der Waals surface area (Å²) >= 11 is 0. The van der Waals surface area contributed by atoms with Gasteiger partial charge in [0.1, 0.15) is 16.5 Å². The van der Waals surface area contributed by atoms with E-state index in [0.717, 1.165) is 97.1 Å². The summed E-state index contributed by atoms with van der Waals surface area (Å²) in [4.78, 5) is 20.6. The number of aliphatic carboxylic acids is 1. The van der Waals surface area contributed by atoms with Crippen molar-refractivity contribution in [3.05, 3.63) is 81.4 Å². The number of benzene rings is 1. The Hall–Kier alpha value is -3.95. The van der Waals surface area contributed by atoms with Gasteiger partial charge in [-0.3, -0.25) is 14.1 Å². The smallest absolute Gasteiger partial charge is 0.310 e. The van der Waals surface area contributed by atoms with E-state index in [2.05, 4.69) is 25.7 Å². The monoisotopic (exact) mass is 758 g/mol. The number of carbonyl (C=O) groups is 1. The largest absolute Gasteiger partial charge is 0.481 e. The Morgan fingerprint density at radius 2 is 1.80 bits per heavy atom. The van der Waals surface area contributed by atoms with Crippen LogP contribution >= 0.6 is 0 Å². The second kappa shape index (κ2) is 14.9. The standard InChI is InChI=1S/C40H54N8O5S/c1-26-7-8-30(35(39(5,6)38(49)50)32-9-15-48-29(4)44-45-37(48)28(32)3)22-31(26)24-47-25-40(10-19-53-20-11-40)23-33-34(54(47,51)52)21-27(2)36(43-33)42-14-18-46-16-12-41-13-17-46/h7-9,15,21-22,35,41H,10-14,16-20,23-25H2,1-6H3,(H,42,43)(H,49,50)/t35-/m1/s1. The molecule has 2 fully saturated rings. The van der Waals surface area contributed by atoms with Crippen LogP contribution < -0.4 is 10.6 Å². The maximum atomic E-state index is 14.8. The minimum atomic E-state index is -3.97. The van der Waals surface area contributed by atoms with Crippen molar-refractivity contribution in [2.24, 2.45) is 10.8 Å². The molecule has 1 aromatic carbocycles. The number of aryl methyl sites for hydroxylation is 4. The number of nitrogens with zero attached hydrogens (tertiary/aromatic N) is 6. The van der Waals surface area contributed by atoms with Crippen molar-refractivity contribution in [3.63, 3.8) is 0 Å². The van der Waals surface area contributed by atoms with Crippen LogP contribution in [0.4, 0.5) is 5.82 Å². The molecule has 0 aliphatic carbocycles. The minimum absolute atomic E-state index is 0.148. The Labute approximate surface area is 318 Å². The molecule has 14 heteroatoms. The average molecular weight is 759 g/mol. The van der Waals surface area contributed by atoms with Crippen LogP contribution in [-0.2, 0) is 32.5 Å². The lowest BCUT2D eigenvalue weighted by Gasteiger charge is -2.38. The normalized spacial score (nSPS) is 19.7. The number of carboxylic acids is 1. The quantitative estimate of drug-likeness (QED) is 0.210. The molecule has 1 atom stereocenters. The van der Waals surface area contributed by atoms with Gasteiger partial charge < -0.3 is 20.5 Å². The SMILES string of the molecule is Cc1ccc([C@H](c2ccn3c(C)nnc3c2C)C(C)(C)C(=O)O)cc1CN1CC2(CCOCC2)Cc2nc(NCCN3CCNCC3)c(C)cc2S1(=O)=O. The molecule has 4 aromatic rings. The molecule has 290 valence electrons. The van der Waals surface area contributed by atoms with E-state index in [1.165, 1.54) is 0 Å². The zero-order valence-corrected chi connectivity index (χ0v) is 33.2. The molecule has 0 radical (unpaired) electrons. The summed E-state index contributed by atoms with van der Waals surface area (Å²) in [5, 5.41) is 26.1. The number of ether oxygens (including phenoxy) is 1. The maximum Gasteiger partial charge on any atom is 0.310 e. The first-order chi connectivity index (χ1) is 25.7. The average Bonchev–Trinajstić information content (AvgIpc) is 3.49. The predicted octanol–water partition coefficient (Wildman–Crippen LogP) is 4.46. The van der Waals surface area contributed by atoms with Crippen LogP contribution in [0, 0.1) is 38.5 Å². The van der Waals surface area contributed by atoms with E-state index in [9.17, 15) is 18.3 Å². The van der Waals surface area contributed by atoms with Crippen molar-refractivity contribution in [1.29, 1.82) is 0 Å². The highest BCUT2D eigenvalue weighted by molar-refractivity contribution is 7.89. The van der Waals surface area contributed by atoms with Crippen LogP contribution in [0.3, 0.4) is 0 Å². The molecule has 0 bridgehead atoms. The first-order valence-corrected chi connectivity index (χ1v) is 20.5. The molecular formula is C40H54N8O5S. The van der Waals surface area contributed by atoms with Gasteiger partial charge in [0.2, 0.25) is 10.0 Å². The van der Waals surface area contributed by atoms with E-state index < -0.39 is 27.3 Å². The lowest BCUT2D eigenvalue weighted by atomic mass is 9.70. The maximum absolute atomic E-state index is 14.8. The lowest BCUT2D eigenvalue weighted by Crippen LogP contribution is -2.45. The van der Waals surface area contributed by atoms with Crippen molar-refractivity contribution in [2.45, 2.75) is 78.2 Å². The summed E-state index contributed by atoms with van der Waals surface area (Å²) in [5.74, 6) is 0.00179. The molecule has 54 heavy (non-hydrogen) atoms. The topological polar surface area (TPSA) is 154 Å². The van der Waals surface area contributed by atoms with Crippen LogP contribution in [0.25, 0.3) is 5.65 Å². The number of sulfonamides is 1. The second-order valence-electron chi connectivity index (χ2n) is 16.2. The minimum Gasteiger partial charge on any atom is -0.481 e. The zero-order chi connectivity index (χ0) is 38.4. The summed E-state index contributed by atoms with van der Waals surface area (Å²) < 4.78 is 39.0. The third-order valence-corrected chi connectivity index (χ3v) is 13.9. The summed E-state index contributed by atoms with van der Waals surface area (Å²) in [6.07, 6.45) is 3.91. The fourth-order valence-electron chi connectivity index (χ4n) is 8.58. The molecule has 3 aliphatic rings. The summed E-state index contributed by atoms with van der Waals surface area (Å²) in [7, 11) is -3.97. The number of anilines is 1. The van der Waals surface area contributed by atoms with Gasteiger partial charge in [0.25, 0.3) is 0 Å². The first kappa shape index (κ1) is 38.3. The summed E-state index contributed by atoms with van der Waals surface area (Å²) in [5.41, 5.74) is 4.82. The molecule has 3 aliphatic heterocycles. The fourth-order valence-corrected chi connectivity index (χ4v) is 10.3. The van der Waals surface area contributed by atoms with Gasteiger partial charge in [0.15, 0.2) is 5.65 Å². The zero-order valence-electron chi connectivity index (χ0n) is 32.4. The highest BCUT2D eigenvalue weighted by Gasteiger charge is 2.45. The highest BCUT2D eigenvalue weighted by Crippen LogP contribution is 2.45. The van der Waals surface area contributed by atoms with Crippen molar-refractivity contribution in [1.82, 2.24) is 34.1 Å². The number of rotatable bonds is 10. The Bertz CT molecular complexity index is 2150. The first-order valence-electron chi connectivity index (χ1n) is 19.1. The van der Waals surface area contributed by atoms with Gasteiger partial charge >= 0.3 is 5.97 Å². The van der Waals surface area contributed by atoms with Crippen LogP contribution in [0.2, 0.25) is 0 Å². The molecule has 1 spiro atoms. The molecule has 0 saturated carbocycles. The highest BCUT2D eigenvalue weighted by atomic mass is 32.2. The molecule has 3 aromatic heterocycles. The van der Waals surface area contributed by atoms with Crippen LogP contribution in [0.15, 0.2) is 41.4 Å². The van der Waals surface area contributed by atoms with E-state index in [-0.39, 0.29) is 16.9 Å². The van der Waals surface area contributed by atoms with Crippen molar-refractivity contribution < 1.29 is 23.1 Å². The van der Waals surface area contributed by atoms with Crippen LogP contribution in [-0.4, -0.2) is 107 Å². The predicted molar refractivity (Wildman–Crippen MR) is 207 cm³/mol. The van der Waals surface area contributed by atoms with Gasteiger partial charge in [-0.25, -0.2) is 13.4 Å². The van der Waals surface area contributed by atoms with Crippen molar-refractivity contribution in [2.75, 3.05) is 64.3 Å². The van der Waals surface area contributed by atoms with Gasteiger partial charge in [-0.05, 0) is 112 Å². The second-order valence-corrected chi connectivity index (χ2v) is 18.1. The number of nitrogens with one attached hydrogen (secondary N) is 2. The Morgan fingerprint density at radius 3 is 2.52 bits per heavy atom. The van der Waals surface area contributed by atoms with Crippen molar-refractivity contribution >= 4 is 27.5 Å². The number of fused-ring (bicyclic) bond motifs is 2. The number of aromatic nitrogens is 4. The number of piperazine rings is 1. The van der Waals surface area contributed by atoms with E-state index in [0.29, 0.717) is 37.5 Å². The summed E-state index contributed by atoms with van der Waals surface area (Å²) in [6.45, 7) is 18.5. The molecule has 3 N–H and O–H groups in total. The van der Waals surface area contributed by atoms with Crippen LogP contribution in [0.1, 0.15) is 77.5 Å². The van der Waals surface area contributed by atoms with Crippen molar-refractivity contribution in [3.8, 4) is 0 Å². The number of hydrogen-bond acceptors (Lipinski definition) is 10. The molecule has 2 saturated heterocycles. The molecule has 0 unspecified atom stereocenters. The summed E-state index contributed by atoms with van der Waals surface area (Å²) in [6, 6.07) is 9.73. The Kier molecular flexibility index (Phi) is 10.6. The molecular weight excluding hydrogens is 705 g/mol. The van der Waals surface area contributed by atoms with Gasteiger partial charge in [0, 0.05) is 77.7 Å². The van der Waals surface area contributed by atoms with Crippen LogP contribution in [0.5, 0.6) is 0 Å². The number of hydrogen-bond donors (Lipinski definition) is 3. The van der Waals surface area contributed by atoms with E-state index >= 15 is 0 Å².